The summed E-state index contributed by atoms with van der Waals surface area (Å²) in [5, 5.41) is 3.35. The van der Waals surface area contributed by atoms with Gasteiger partial charge in [0.25, 0.3) is 0 Å². The molecule has 2 heterocycles. The number of rotatable bonds is 4. The Kier molecular flexibility index (Phi) is 4.86. The van der Waals surface area contributed by atoms with Gasteiger partial charge in [0.2, 0.25) is 0 Å². The molecular weight excluding hydrogens is 192 g/mol. The van der Waals surface area contributed by atoms with Crippen molar-refractivity contribution in [3.05, 3.63) is 0 Å². The Balaban J connectivity index is 1.53. The van der Waals surface area contributed by atoms with E-state index in [1.165, 1.54) is 12.8 Å². The van der Waals surface area contributed by atoms with Crippen molar-refractivity contribution in [2.75, 3.05) is 45.9 Å². The molecule has 0 aromatic rings. The maximum atomic E-state index is 5.70. The van der Waals surface area contributed by atoms with Gasteiger partial charge in [0.1, 0.15) is 0 Å². The van der Waals surface area contributed by atoms with Gasteiger partial charge in [-0.25, -0.2) is 0 Å². The van der Waals surface area contributed by atoms with Crippen molar-refractivity contribution in [2.45, 2.75) is 25.6 Å². The highest BCUT2D eigenvalue weighted by Crippen LogP contribution is 2.13. The normalized spacial score (nSPS) is 29.2. The summed E-state index contributed by atoms with van der Waals surface area (Å²) >= 11 is 0. The number of nitrogens with one attached hydrogen (secondary N) is 1. The van der Waals surface area contributed by atoms with E-state index >= 15 is 0 Å². The van der Waals surface area contributed by atoms with Crippen LogP contribution in [0.2, 0.25) is 0 Å². The van der Waals surface area contributed by atoms with E-state index in [1.807, 2.05) is 0 Å². The number of piperazine rings is 1. The second-order valence-corrected chi connectivity index (χ2v) is 4.26. The zero-order chi connectivity index (χ0) is 10.3. The van der Waals surface area contributed by atoms with Crippen molar-refractivity contribution < 1.29 is 9.47 Å². The predicted octanol–water partition coefficient (Wildman–Crippen LogP) is 0.435. The Morgan fingerprint density at radius 1 is 1.27 bits per heavy atom. The molecule has 4 nitrogen and oxygen atoms in total. The Morgan fingerprint density at radius 3 is 2.87 bits per heavy atom. The summed E-state index contributed by atoms with van der Waals surface area (Å²) in [6.45, 7) is 7.24. The molecule has 2 aliphatic rings. The van der Waals surface area contributed by atoms with Gasteiger partial charge in [-0.1, -0.05) is 0 Å². The summed E-state index contributed by atoms with van der Waals surface area (Å²) < 4.78 is 11.2. The fraction of sp³-hybridized carbons (Fsp3) is 1.00. The third-order valence-corrected chi connectivity index (χ3v) is 3.06. The average Bonchev–Trinajstić information content (AvgIpc) is 2.32. The molecule has 2 aliphatic heterocycles. The summed E-state index contributed by atoms with van der Waals surface area (Å²) in [6.07, 6.45) is 3.58. The SMILES string of the molecule is C1CCC(OCCN2CCNCC2)OC1. The standard InChI is InChI=1S/C11H22N2O2/c1-2-9-14-11(3-1)15-10-8-13-6-4-12-5-7-13/h11-12H,1-10H2. The molecule has 0 saturated carbocycles. The summed E-state index contributed by atoms with van der Waals surface area (Å²) in [6, 6.07) is 0. The van der Waals surface area contributed by atoms with Gasteiger partial charge in [0, 0.05) is 39.3 Å². The van der Waals surface area contributed by atoms with Crippen LogP contribution < -0.4 is 5.32 Å². The summed E-state index contributed by atoms with van der Waals surface area (Å²) in [7, 11) is 0. The highest BCUT2D eigenvalue weighted by atomic mass is 16.7. The average molecular weight is 214 g/mol. The lowest BCUT2D eigenvalue weighted by Gasteiger charge is -2.28. The van der Waals surface area contributed by atoms with Crippen LogP contribution in [-0.4, -0.2) is 57.1 Å². The topological polar surface area (TPSA) is 33.7 Å². The highest BCUT2D eigenvalue weighted by Gasteiger charge is 2.15. The third kappa shape index (κ3) is 4.07. The minimum atomic E-state index is 0.0710. The zero-order valence-corrected chi connectivity index (χ0v) is 9.41. The van der Waals surface area contributed by atoms with E-state index in [1.54, 1.807) is 0 Å². The van der Waals surface area contributed by atoms with Crippen molar-refractivity contribution >= 4 is 0 Å². The molecule has 0 aliphatic carbocycles. The molecule has 88 valence electrons. The molecule has 2 fully saturated rings. The molecule has 2 rings (SSSR count). The Labute approximate surface area is 91.9 Å². The van der Waals surface area contributed by atoms with E-state index in [0.29, 0.717) is 0 Å². The molecule has 2 saturated heterocycles. The number of nitrogens with zero attached hydrogens (tertiary/aromatic N) is 1. The number of ether oxygens (including phenoxy) is 2. The smallest absolute Gasteiger partial charge is 0.157 e. The van der Waals surface area contributed by atoms with Crippen LogP contribution in [0, 0.1) is 0 Å². The molecule has 0 bridgehead atoms. The third-order valence-electron chi connectivity index (χ3n) is 3.06. The van der Waals surface area contributed by atoms with Gasteiger partial charge in [0.15, 0.2) is 6.29 Å². The molecule has 15 heavy (non-hydrogen) atoms. The summed E-state index contributed by atoms with van der Waals surface area (Å²) in [5.74, 6) is 0. The Bertz CT molecular complexity index is 148. The highest BCUT2D eigenvalue weighted by molar-refractivity contribution is 4.67. The largest absolute Gasteiger partial charge is 0.353 e. The van der Waals surface area contributed by atoms with E-state index in [9.17, 15) is 0 Å². The lowest BCUT2D eigenvalue weighted by molar-refractivity contribution is -0.164. The molecule has 1 N–H and O–H groups in total. The van der Waals surface area contributed by atoms with E-state index in [2.05, 4.69) is 10.2 Å². The van der Waals surface area contributed by atoms with Crippen LogP contribution in [0.3, 0.4) is 0 Å². The van der Waals surface area contributed by atoms with Gasteiger partial charge < -0.3 is 14.8 Å². The predicted molar refractivity (Wildman–Crippen MR) is 58.9 cm³/mol. The lowest BCUT2D eigenvalue weighted by atomic mass is 10.2. The second-order valence-electron chi connectivity index (χ2n) is 4.26. The fourth-order valence-electron chi connectivity index (χ4n) is 2.09. The van der Waals surface area contributed by atoms with Crippen molar-refractivity contribution in [1.82, 2.24) is 10.2 Å². The van der Waals surface area contributed by atoms with Crippen LogP contribution >= 0.6 is 0 Å². The van der Waals surface area contributed by atoms with E-state index in [4.69, 9.17) is 9.47 Å². The minimum Gasteiger partial charge on any atom is -0.353 e. The molecule has 0 aromatic heterocycles. The van der Waals surface area contributed by atoms with Gasteiger partial charge in [-0.3, -0.25) is 4.90 Å². The van der Waals surface area contributed by atoms with Crippen LogP contribution in [0.25, 0.3) is 0 Å². The summed E-state index contributed by atoms with van der Waals surface area (Å²) in [4.78, 5) is 2.44. The van der Waals surface area contributed by atoms with Crippen molar-refractivity contribution in [1.29, 1.82) is 0 Å². The van der Waals surface area contributed by atoms with Crippen molar-refractivity contribution in [3.8, 4) is 0 Å². The van der Waals surface area contributed by atoms with Gasteiger partial charge in [-0.05, 0) is 19.3 Å². The van der Waals surface area contributed by atoms with Crippen LogP contribution in [0.15, 0.2) is 0 Å². The molecule has 0 aromatic carbocycles. The molecule has 0 spiro atoms. The maximum Gasteiger partial charge on any atom is 0.157 e. The first kappa shape index (κ1) is 11.3. The molecule has 0 radical (unpaired) electrons. The first-order chi connectivity index (χ1) is 7.45. The van der Waals surface area contributed by atoms with E-state index < -0.39 is 0 Å². The monoisotopic (exact) mass is 214 g/mol. The molecule has 1 unspecified atom stereocenters. The summed E-state index contributed by atoms with van der Waals surface area (Å²) in [5.41, 5.74) is 0. The molecule has 4 heteroatoms. The second kappa shape index (κ2) is 6.43. The maximum absolute atomic E-state index is 5.70. The fourth-order valence-corrected chi connectivity index (χ4v) is 2.09. The van der Waals surface area contributed by atoms with Gasteiger partial charge >= 0.3 is 0 Å². The van der Waals surface area contributed by atoms with Crippen molar-refractivity contribution in [3.63, 3.8) is 0 Å². The van der Waals surface area contributed by atoms with Gasteiger partial charge in [-0.2, -0.15) is 0 Å². The zero-order valence-electron chi connectivity index (χ0n) is 9.41. The minimum absolute atomic E-state index is 0.0710. The van der Waals surface area contributed by atoms with E-state index in [-0.39, 0.29) is 6.29 Å². The van der Waals surface area contributed by atoms with Crippen LogP contribution in [0.5, 0.6) is 0 Å². The number of hydrogen-bond acceptors (Lipinski definition) is 4. The quantitative estimate of drug-likeness (QED) is 0.736. The van der Waals surface area contributed by atoms with Crippen LogP contribution in [0.4, 0.5) is 0 Å². The Hall–Kier alpha value is -0.160. The molecular formula is C11H22N2O2. The number of hydrogen-bond donors (Lipinski definition) is 1. The van der Waals surface area contributed by atoms with Gasteiger partial charge in [0.05, 0.1) is 6.61 Å². The van der Waals surface area contributed by atoms with Crippen LogP contribution in [-0.2, 0) is 9.47 Å². The van der Waals surface area contributed by atoms with Crippen LogP contribution in [0.1, 0.15) is 19.3 Å². The first-order valence-corrected chi connectivity index (χ1v) is 6.11. The lowest BCUT2D eigenvalue weighted by Crippen LogP contribution is -2.45. The first-order valence-electron chi connectivity index (χ1n) is 6.11. The molecule has 1 atom stereocenters. The van der Waals surface area contributed by atoms with Gasteiger partial charge in [-0.15, -0.1) is 0 Å². The Morgan fingerprint density at radius 2 is 2.13 bits per heavy atom. The van der Waals surface area contributed by atoms with Crippen molar-refractivity contribution in [2.24, 2.45) is 0 Å². The molecule has 0 amide bonds. The van der Waals surface area contributed by atoms with E-state index in [0.717, 1.165) is 52.4 Å².